The Kier molecular flexibility index (Phi) is 26.9. The first-order valence-electron chi connectivity index (χ1n) is 12.7. The monoisotopic (exact) mass is 644 g/mol. The SMILES string of the molecule is C.C.C.C1CCCC1.COCOC(=O)c1ccc2c(c1)C(=O)c1ccccc1C2=O.O=C(OCO)C1CCCC1.[CH3-].[CH3-].[Fe+2]. The summed E-state index contributed by atoms with van der Waals surface area (Å²) < 4.78 is 14.0. The van der Waals surface area contributed by atoms with Gasteiger partial charge in [-0.1, -0.05) is 91.5 Å². The van der Waals surface area contributed by atoms with Crippen molar-refractivity contribution in [1.82, 2.24) is 0 Å². The zero-order valence-electron chi connectivity index (χ0n) is 23.6. The van der Waals surface area contributed by atoms with Gasteiger partial charge in [0.15, 0.2) is 25.2 Å². The molecule has 0 radical (unpaired) electrons. The van der Waals surface area contributed by atoms with Gasteiger partial charge in [0, 0.05) is 29.4 Å². The largest absolute Gasteiger partial charge is 2.00 e. The number of carbonyl (C=O) groups excluding carboxylic acids is 4. The number of ether oxygens (including phenoxy) is 3. The molecule has 0 bridgehead atoms. The molecule has 2 saturated carbocycles. The van der Waals surface area contributed by atoms with Crippen LogP contribution in [0.25, 0.3) is 0 Å². The number of ketones is 2. The quantitative estimate of drug-likeness (QED) is 0.130. The van der Waals surface area contributed by atoms with Crippen LogP contribution in [0.15, 0.2) is 42.5 Å². The maximum Gasteiger partial charge on any atom is 2.00 e. The second kappa shape index (κ2) is 24.6. The second-order valence-corrected chi connectivity index (χ2v) is 9.14. The van der Waals surface area contributed by atoms with Gasteiger partial charge >= 0.3 is 29.0 Å². The van der Waals surface area contributed by atoms with Crippen molar-refractivity contribution in [3.63, 3.8) is 0 Å². The van der Waals surface area contributed by atoms with Gasteiger partial charge in [-0.2, -0.15) is 0 Å². The summed E-state index contributed by atoms with van der Waals surface area (Å²) in [6.45, 7) is -0.652. The van der Waals surface area contributed by atoms with E-state index in [1.807, 2.05) is 0 Å². The van der Waals surface area contributed by atoms with Crippen LogP contribution in [0.2, 0.25) is 0 Å². The Morgan fingerprint density at radius 3 is 1.67 bits per heavy atom. The molecule has 43 heavy (non-hydrogen) atoms. The first-order valence-corrected chi connectivity index (χ1v) is 12.7. The number of aliphatic hydroxyl groups is 1. The van der Waals surface area contributed by atoms with Crippen LogP contribution >= 0.6 is 0 Å². The van der Waals surface area contributed by atoms with E-state index < -0.39 is 12.8 Å². The molecule has 3 aliphatic rings. The third-order valence-corrected chi connectivity index (χ3v) is 6.61. The summed E-state index contributed by atoms with van der Waals surface area (Å²) in [4.78, 5) is 47.6. The molecule has 0 unspecified atom stereocenters. The van der Waals surface area contributed by atoms with Gasteiger partial charge in [0.05, 0.1) is 11.5 Å². The van der Waals surface area contributed by atoms with Crippen LogP contribution < -0.4 is 0 Å². The Hall–Kier alpha value is -2.84. The summed E-state index contributed by atoms with van der Waals surface area (Å²) in [5.41, 5.74) is 1.45. The van der Waals surface area contributed by atoms with Crippen molar-refractivity contribution in [2.24, 2.45) is 5.92 Å². The molecule has 0 heterocycles. The fourth-order valence-corrected chi connectivity index (χ4v) is 4.65. The number of benzene rings is 2. The molecule has 3 aliphatic carbocycles. The molecule has 0 aromatic heterocycles. The summed E-state index contributed by atoms with van der Waals surface area (Å²) >= 11 is 0. The van der Waals surface area contributed by atoms with Crippen LogP contribution in [0.3, 0.4) is 0 Å². The summed E-state index contributed by atoms with van der Waals surface area (Å²) in [6, 6.07) is 11.0. The summed E-state index contributed by atoms with van der Waals surface area (Å²) in [7, 11) is 1.40. The van der Waals surface area contributed by atoms with E-state index in [1.165, 1.54) is 57.4 Å². The molecular weight excluding hydrogens is 592 g/mol. The Labute approximate surface area is 270 Å². The molecule has 1 N–H and O–H groups in total. The van der Waals surface area contributed by atoms with E-state index in [0.29, 0.717) is 16.7 Å². The van der Waals surface area contributed by atoms with Gasteiger partial charge < -0.3 is 34.2 Å². The van der Waals surface area contributed by atoms with Gasteiger partial charge in [0.1, 0.15) is 0 Å². The minimum Gasteiger partial charge on any atom is -0.438 e. The molecular formula is C34H52FeO8. The third-order valence-electron chi connectivity index (χ3n) is 6.61. The van der Waals surface area contributed by atoms with E-state index in [4.69, 9.17) is 9.84 Å². The predicted molar refractivity (Wildman–Crippen MR) is 168 cm³/mol. The topological polar surface area (TPSA) is 116 Å². The molecule has 0 amide bonds. The molecule has 2 aromatic rings. The van der Waals surface area contributed by atoms with Gasteiger partial charge in [0.2, 0.25) is 0 Å². The molecule has 8 nitrogen and oxygen atoms in total. The maximum absolute atomic E-state index is 12.5. The van der Waals surface area contributed by atoms with E-state index in [2.05, 4.69) is 9.47 Å². The smallest absolute Gasteiger partial charge is 0.438 e. The predicted octanol–water partition coefficient (Wildman–Crippen LogP) is 7.65. The Morgan fingerprint density at radius 1 is 0.744 bits per heavy atom. The van der Waals surface area contributed by atoms with Crippen molar-refractivity contribution in [3.05, 3.63) is 85.1 Å². The van der Waals surface area contributed by atoms with Gasteiger partial charge in [-0.05, 0) is 31.0 Å². The zero-order valence-corrected chi connectivity index (χ0v) is 24.7. The van der Waals surface area contributed by atoms with Crippen LogP contribution in [0, 0.1) is 20.8 Å². The van der Waals surface area contributed by atoms with Crippen LogP contribution in [0.1, 0.15) is 122 Å². The molecule has 0 spiro atoms. The van der Waals surface area contributed by atoms with E-state index in [1.54, 1.807) is 24.3 Å². The second-order valence-electron chi connectivity index (χ2n) is 9.14. The molecule has 244 valence electrons. The number of hydrogen-bond donors (Lipinski definition) is 1. The Balaban J connectivity index is -0.000000308. The summed E-state index contributed by atoms with van der Waals surface area (Å²) in [6.07, 6.45) is 11.6. The number of aliphatic hydroxyl groups excluding tert-OH is 1. The fraction of sp³-hybridized carbons (Fsp3) is 0.471. The molecule has 0 aliphatic heterocycles. The van der Waals surface area contributed by atoms with Gasteiger partial charge in [-0.3, -0.25) is 14.4 Å². The van der Waals surface area contributed by atoms with Crippen molar-refractivity contribution in [3.8, 4) is 0 Å². The number of methoxy groups -OCH3 is 1. The first-order chi connectivity index (χ1) is 18.0. The van der Waals surface area contributed by atoms with Gasteiger partial charge in [0.25, 0.3) is 0 Å². The molecule has 0 atom stereocenters. The van der Waals surface area contributed by atoms with E-state index >= 15 is 0 Å². The van der Waals surface area contributed by atoms with Crippen LogP contribution in [0.5, 0.6) is 0 Å². The van der Waals surface area contributed by atoms with Gasteiger partial charge in [-0.15, -0.1) is 0 Å². The van der Waals surface area contributed by atoms with Crippen molar-refractivity contribution in [2.45, 2.75) is 80.1 Å². The standard InChI is InChI=1S/C17H12O5.C7H12O3.C5H10.3CH4.2CH3.Fe/c1-21-9-22-17(20)10-6-7-13-14(8-10)16(19)12-5-3-2-4-11(12)15(13)18;8-5-10-7(9)6-3-1-2-4-6;1-2-4-5-3-1;;;;;;/h2-8H,9H2,1H3;6,8H,1-5H2;1-5H2;3*1H4;2*1H3;/q;;;;;;2*-1;+2. The normalized spacial score (nSPS) is 13.7. The van der Waals surface area contributed by atoms with Crippen LogP contribution in [-0.4, -0.2) is 49.3 Å². The third kappa shape index (κ3) is 13.1. The summed E-state index contributed by atoms with van der Waals surface area (Å²) in [5, 5.41) is 8.25. The Bertz CT molecular complexity index is 1100. The zero-order chi connectivity index (χ0) is 26.6. The first kappa shape index (κ1) is 47.1. The molecule has 0 saturated heterocycles. The fourth-order valence-electron chi connectivity index (χ4n) is 4.65. The van der Waals surface area contributed by atoms with Crippen LogP contribution in [0.4, 0.5) is 0 Å². The maximum atomic E-state index is 12.5. The number of fused-ring (bicyclic) bond motifs is 2. The van der Waals surface area contributed by atoms with E-state index in [0.717, 1.165) is 25.7 Å². The van der Waals surface area contributed by atoms with Crippen molar-refractivity contribution < 1.29 is 55.6 Å². The molecule has 2 fully saturated rings. The average Bonchev–Trinajstić information content (AvgIpc) is 3.68. The minimum absolute atomic E-state index is 0. The van der Waals surface area contributed by atoms with E-state index in [-0.39, 0.29) is 95.6 Å². The van der Waals surface area contributed by atoms with Crippen molar-refractivity contribution in [2.75, 3.05) is 20.7 Å². The summed E-state index contributed by atoms with van der Waals surface area (Å²) in [5.74, 6) is -1.27. The van der Waals surface area contributed by atoms with E-state index in [9.17, 15) is 19.2 Å². The number of rotatable bonds is 5. The number of carbonyl (C=O) groups is 4. The molecule has 9 heteroatoms. The molecule has 2 aromatic carbocycles. The average molecular weight is 645 g/mol. The van der Waals surface area contributed by atoms with Gasteiger partial charge in [-0.25, -0.2) is 4.79 Å². The Morgan fingerprint density at radius 2 is 1.21 bits per heavy atom. The van der Waals surface area contributed by atoms with Crippen molar-refractivity contribution >= 4 is 23.5 Å². The minimum atomic E-state index is -0.608. The number of hydrogen-bond acceptors (Lipinski definition) is 8. The molecule has 5 rings (SSSR count). The van der Waals surface area contributed by atoms with Crippen LogP contribution in [-0.2, 0) is 36.1 Å². The number of esters is 2. The van der Waals surface area contributed by atoms with Crippen molar-refractivity contribution in [1.29, 1.82) is 0 Å².